The lowest BCUT2D eigenvalue weighted by Gasteiger charge is -2.42. The monoisotopic (exact) mass is 342 g/mol. The van der Waals surface area contributed by atoms with Crippen molar-refractivity contribution >= 4 is 21.8 Å². The van der Waals surface area contributed by atoms with Crippen molar-refractivity contribution in [1.82, 2.24) is 5.32 Å². The van der Waals surface area contributed by atoms with Gasteiger partial charge in [-0.1, -0.05) is 0 Å². The lowest BCUT2D eigenvalue weighted by molar-refractivity contribution is -0.0300. The van der Waals surface area contributed by atoms with Gasteiger partial charge in [0.1, 0.15) is 5.75 Å². The van der Waals surface area contributed by atoms with Crippen molar-refractivity contribution in [2.24, 2.45) is 5.73 Å². The molecule has 1 aliphatic rings. The van der Waals surface area contributed by atoms with Crippen molar-refractivity contribution in [2.45, 2.75) is 31.5 Å². The Hall–Kier alpha value is -1.11. The van der Waals surface area contributed by atoms with Gasteiger partial charge in [0.2, 0.25) is 0 Å². The van der Waals surface area contributed by atoms with Gasteiger partial charge >= 0.3 is 0 Å². The summed E-state index contributed by atoms with van der Waals surface area (Å²) in [7, 11) is 1.58. The number of benzene rings is 1. The van der Waals surface area contributed by atoms with E-state index in [-0.39, 0.29) is 24.1 Å². The minimum absolute atomic E-state index is 0.0145. The van der Waals surface area contributed by atoms with Crippen LogP contribution >= 0.6 is 15.9 Å². The zero-order chi connectivity index (χ0) is 14.7. The molecule has 1 aromatic carbocycles. The maximum atomic E-state index is 12.2. The Bertz CT molecular complexity index is 493. The summed E-state index contributed by atoms with van der Waals surface area (Å²) in [6.45, 7) is 2.56. The maximum absolute atomic E-state index is 12.2. The fourth-order valence-corrected chi connectivity index (χ4v) is 2.81. The minimum atomic E-state index is -0.154. The first-order chi connectivity index (χ1) is 9.56. The molecule has 3 unspecified atom stereocenters. The zero-order valence-electron chi connectivity index (χ0n) is 11.6. The normalized spacial score (nSPS) is 24.9. The Morgan fingerprint density at radius 2 is 2.30 bits per heavy atom. The summed E-state index contributed by atoms with van der Waals surface area (Å²) in [6, 6.07) is 5.03. The van der Waals surface area contributed by atoms with Crippen LogP contribution in [0.4, 0.5) is 0 Å². The average molecular weight is 343 g/mol. The van der Waals surface area contributed by atoms with E-state index in [0.717, 1.165) is 10.9 Å². The van der Waals surface area contributed by atoms with Gasteiger partial charge < -0.3 is 20.5 Å². The molecule has 1 aromatic rings. The number of nitrogens with one attached hydrogen (secondary N) is 1. The van der Waals surface area contributed by atoms with Crippen LogP contribution in [0.25, 0.3) is 0 Å². The van der Waals surface area contributed by atoms with Gasteiger partial charge in [-0.15, -0.1) is 0 Å². The van der Waals surface area contributed by atoms with Gasteiger partial charge in [-0.2, -0.15) is 0 Å². The van der Waals surface area contributed by atoms with Crippen LogP contribution < -0.4 is 15.8 Å². The third kappa shape index (κ3) is 3.13. The molecule has 5 nitrogen and oxygen atoms in total. The number of hydrogen-bond acceptors (Lipinski definition) is 4. The summed E-state index contributed by atoms with van der Waals surface area (Å²) in [5.74, 6) is 0.535. The molecule has 0 bridgehead atoms. The molecule has 0 radical (unpaired) electrons. The molecular weight excluding hydrogens is 324 g/mol. The molecule has 1 fully saturated rings. The standard InChI is InChI=1S/C14H19BrN2O3/c1-3-20-12-7-10(16)13(12)17-14(18)8-4-5-11(19-2)9(15)6-8/h4-6,10,12-13H,3,7,16H2,1-2H3,(H,17,18). The summed E-state index contributed by atoms with van der Waals surface area (Å²) in [5.41, 5.74) is 6.48. The van der Waals surface area contributed by atoms with Gasteiger partial charge in [0, 0.05) is 18.2 Å². The van der Waals surface area contributed by atoms with Crippen LogP contribution in [-0.4, -0.2) is 37.8 Å². The van der Waals surface area contributed by atoms with Gasteiger partial charge in [-0.25, -0.2) is 0 Å². The number of halogens is 1. The highest BCUT2D eigenvalue weighted by atomic mass is 79.9. The Morgan fingerprint density at radius 3 is 2.85 bits per heavy atom. The van der Waals surface area contributed by atoms with Gasteiger partial charge in [-0.05, 0) is 47.5 Å². The molecule has 3 N–H and O–H groups in total. The van der Waals surface area contributed by atoms with Crippen LogP contribution in [0.1, 0.15) is 23.7 Å². The molecule has 0 aliphatic heterocycles. The van der Waals surface area contributed by atoms with E-state index in [0.29, 0.717) is 17.9 Å². The third-order valence-corrected chi connectivity index (χ3v) is 4.08. The Balaban J connectivity index is 2.03. The third-order valence-electron chi connectivity index (χ3n) is 3.46. The van der Waals surface area contributed by atoms with Crippen LogP contribution in [0, 0.1) is 0 Å². The summed E-state index contributed by atoms with van der Waals surface area (Å²) >= 11 is 3.37. The molecule has 1 saturated carbocycles. The van der Waals surface area contributed by atoms with E-state index in [1.165, 1.54) is 0 Å². The van der Waals surface area contributed by atoms with Crippen LogP contribution in [0.3, 0.4) is 0 Å². The highest BCUT2D eigenvalue weighted by molar-refractivity contribution is 9.10. The number of hydrogen-bond donors (Lipinski definition) is 2. The number of carbonyl (C=O) groups excluding carboxylic acids is 1. The summed E-state index contributed by atoms with van der Waals surface area (Å²) in [4.78, 5) is 12.2. The van der Waals surface area contributed by atoms with Crippen LogP contribution in [0.2, 0.25) is 0 Å². The van der Waals surface area contributed by atoms with Crippen LogP contribution in [-0.2, 0) is 4.74 Å². The highest BCUT2D eigenvalue weighted by Gasteiger charge is 2.40. The Morgan fingerprint density at radius 1 is 1.55 bits per heavy atom. The second-order valence-electron chi connectivity index (χ2n) is 4.74. The van der Waals surface area contributed by atoms with E-state index in [1.807, 2.05) is 6.92 Å². The summed E-state index contributed by atoms with van der Waals surface area (Å²) in [5, 5.41) is 2.93. The molecule has 1 amide bonds. The first kappa shape index (κ1) is 15.3. The molecular formula is C14H19BrN2O3. The predicted octanol–water partition coefficient (Wildman–Crippen LogP) is 1.69. The molecule has 20 heavy (non-hydrogen) atoms. The first-order valence-corrected chi connectivity index (χ1v) is 7.37. The van der Waals surface area contributed by atoms with Crippen molar-refractivity contribution in [2.75, 3.05) is 13.7 Å². The van der Waals surface area contributed by atoms with Crippen LogP contribution in [0.5, 0.6) is 5.75 Å². The molecule has 1 aliphatic carbocycles. The molecule has 6 heteroatoms. The molecule has 110 valence electrons. The number of amides is 1. The second kappa shape index (κ2) is 6.56. The van der Waals surface area contributed by atoms with Gasteiger partial charge in [0.25, 0.3) is 5.91 Å². The van der Waals surface area contributed by atoms with Crippen molar-refractivity contribution in [3.63, 3.8) is 0 Å². The summed E-state index contributed by atoms with van der Waals surface area (Å²) < 4.78 is 11.4. The van der Waals surface area contributed by atoms with Gasteiger partial charge in [0.15, 0.2) is 0 Å². The predicted molar refractivity (Wildman–Crippen MR) is 80.0 cm³/mol. The SMILES string of the molecule is CCOC1CC(N)C1NC(=O)c1ccc(OC)c(Br)c1. The van der Waals surface area contributed by atoms with Crippen molar-refractivity contribution in [1.29, 1.82) is 0 Å². The van der Waals surface area contributed by atoms with Crippen molar-refractivity contribution < 1.29 is 14.3 Å². The molecule has 0 saturated heterocycles. The molecule has 0 heterocycles. The zero-order valence-corrected chi connectivity index (χ0v) is 13.1. The number of ether oxygens (including phenoxy) is 2. The maximum Gasteiger partial charge on any atom is 0.251 e. The van der Waals surface area contributed by atoms with E-state index in [1.54, 1.807) is 25.3 Å². The lowest BCUT2D eigenvalue weighted by atomic mass is 9.83. The Labute approximate surface area is 126 Å². The van der Waals surface area contributed by atoms with Gasteiger partial charge in [0.05, 0.1) is 23.7 Å². The van der Waals surface area contributed by atoms with Crippen molar-refractivity contribution in [3.05, 3.63) is 28.2 Å². The molecule has 3 atom stereocenters. The van der Waals surface area contributed by atoms with E-state index in [2.05, 4.69) is 21.2 Å². The van der Waals surface area contributed by atoms with Crippen LogP contribution in [0.15, 0.2) is 22.7 Å². The topological polar surface area (TPSA) is 73.6 Å². The number of methoxy groups -OCH3 is 1. The summed E-state index contributed by atoms with van der Waals surface area (Å²) in [6.07, 6.45) is 0.797. The lowest BCUT2D eigenvalue weighted by Crippen LogP contribution is -2.64. The number of nitrogens with two attached hydrogens (primary N) is 1. The largest absolute Gasteiger partial charge is 0.496 e. The number of rotatable bonds is 5. The van der Waals surface area contributed by atoms with Crippen molar-refractivity contribution in [3.8, 4) is 5.75 Å². The highest BCUT2D eigenvalue weighted by Crippen LogP contribution is 2.26. The average Bonchev–Trinajstić information content (AvgIpc) is 2.44. The Kier molecular flexibility index (Phi) is 5.01. The molecule has 2 rings (SSSR count). The van der Waals surface area contributed by atoms with E-state index in [4.69, 9.17) is 15.2 Å². The van der Waals surface area contributed by atoms with Gasteiger partial charge in [-0.3, -0.25) is 4.79 Å². The van der Waals surface area contributed by atoms with E-state index in [9.17, 15) is 4.79 Å². The number of carbonyl (C=O) groups is 1. The second-order valence-corrected chi connectivity index (χ2v) is 5.60. The fraction of sp³-hybridized carbons (Fsp3) is 0.500. The molecule has 0 spiro atoms. The fourth-order valence-electron chi connectivity index (χ4n) is 2.27. The smallest absolute Gasteiger partial charge is 0.251 e. The first-order valence-electron chi connectivity index (χ1n) is 6.58. The van der Waals surface area contributed by atoms with E-state index < -0.39 is 0 Å². The quantitative estimate of drug-likeness (QED) is 0.853. The van der Waals surface area contributed by atoms with E-state index >= 15 is 0 Å². The molecule has 0 aromatic heterocycles. The minimum Gasteiger partial charge on any atom is -0.496 e.